The number of nitrogens with one attached hydrogen (secondary N) is 1. The lowest BCUT2D eigenvalue weighted by Gasteiger charge is -2.40. The molecule has 1 N–H and O–H groups in total. The van der Waals surface area contributed by atoms with Crippen molar-refractivity contribution < 1.29 is 14.3 Å². The van der Waals surface area contributed by atoms with Gasteiger partial charge in [0.05, 0.1) is 13.5 Å². The highest BCUT2D eigenvalue weighted by Crippen LogP contribution is 2.33. The third-order valence-electron chi connectivity index (χ3n) is 5.29. The molecule has 0 aromatic heterocycles. The minimum atomic E-state index is -0.339. The van der Waals surface area contributed by atoms with Crippen LogP contribution in [0.5, 0.6) is 0 Å². The molecule has 1 amide bonds. The maximum absolute atomic E-state index is 12.8. The summed E-state index contributed by atoms with van der Waals surface area (Å²) in [4.78, 5) is 26.8. The normalized spacial score (nSPS) is 18.9. The molecule has 1 aliphatic rings. The van der Waals surface area contributed by atoms with Crippen LogP contribution in [0.1, 0.15) is 65.1 Å². The molecular weight excluding hydrogens is 340 g/mol. The number of rotatable bonds is 6. The van der Waals surface area contributed by atoms with Crippen LogP contribution >= 0.6 is 0 Å². The highest BCUT2D eigenvalue weighted by Gasteiger charge is 2.42. The average Bonchev–Trinajstić information content (AvgIpc) is 2.84. The van der Waals surface area contributed by atoms with Gasteiger partial charge in [0.15, 0.2) is 0 Å². The molecular formula is C22H32N2O3. The van der Waals surface area contributed by atoms with Gasteiger partial charge in [-0.1, -0.05) is 31.2 Å². The van der Waals surface area contributed by atoms with E-state index < -0.39 is 0 Å². The van der Waals surface area contributed by atoms with Crippen LogP contribution in [0.15, 0.2) is 35.4 Å². The smallest absolute Gasteiger partial charge is 0.307 e. The first-order chi connectivity index (χ1) is 12.6. The van der Waals surface area contributed by atoms with Crippen molar-refractivity contribution in [2.24, 2.45) is 0 Å². The van der Waals surface area contributed by atoms with Crippen molar-refractivity contribution in [3.63, 3.8) is 0 Å². The zero-order chi connectivity index (χ0) is 20.4. The van der Waals surface area contributed by atoms with Crippen LogP contribution < -0.4 is 5.32 Å². The number of benzene rings is 1. The Morgan fingerprint density at radius 3 is 2.44 bits per heavy atom. The molecule has 0 spiro atoms. The molecule has 0 fully saturated rings. The summed E-state index contributed by atoms with van der Waals surface area (Å²) >= 11 is 0. The molecule has 2 rings (SSSR count). The maximum atomic E-state index is 12.8. The van der Waals surface area contributed by atoms with Gasteiger partial charge in [0.2, 0.25) is 0 Å². The van der Waals surface area contributed by atoms with E-state index in [1.165, 1.54) is 12.7 Å². The van der Waals surface area contributed by atoms with Crippen molar-refractivity contribution in [3.05, 3.63) is 46.5 Å². The van der Waals surface area contributed by atoms with Gasteiger partial charge in [-0.25, -0.2) is 0 Å². The topological polar surface area (TPSA) is 58.6 Å². The quantitative estimate of drug-likeness (QED) is 0.773. The Bertz CT molecular complexity index is 746. The molecule has 0 aliphatic carbocycles. The fourth-order valence-electron chi connectivity index (χ4n) is 3.65. The number of carbonyl (C=O) groups is 2. The second kappa shape index (κ2) is 8.26. The van der Waals surface area contributed by atoms with Crippen LogP contribution in [0.4, 0.5) is 0 Å². The lowest BCUT2D eigenvalue weighted by molar-refractivity contribution is -0.141. The third-order valence-corrected chi connectivity index (χ3v) is 5.29. The van der Waals surface area contributed by atoms with E-state index in [1.807, 2.05) is 57.7 Å². The van der Waals surface area contributed by atoms with Crippen molar-refractivity contribution in [3.8, 4) is 0 Å². The van der Waals surface area contributed by atoms with Crippen molar-refractivity contribution in [1.82, 2.24) is 10.2 Å². The summed E-state index contributed by atoms with van der Waals surface area (Å²) in [6.45, 7) is 12.0. The lowest BCUT2D eigenvalue weighted by atomic mass is 9.95. The molecule has 0 bridgehead atoms. The molecule has 2 atom stereocenters. The molecule has 0 saturated heterocycles. The standard InChI is InChI=1S/C22H32N2O3/c1-8-16-11-9-10-12-17(16)18(13-19(25)27-7)23-20-14(2)15(3)21(26)24(20)22(4,5)6/h9-12,18,20,23H,8,13H2,1-7H3. The van der Waals surface area contributed by atoms with E-state index in [0.717, 1.165) is 23.1 Å². The Balaban J connectivity index is 2.44. The van der Waals surface area contributed by atoms with Gasteiger partial charge in [0.25, 0.3) is 5.91 Å². The van der Waals surface area contributed by atoms with Crippen molar-refractivity contribution >= 4 is 11.9 Å². The third kappa shape index (κ3) is 4.41. The van der Waals surface area contributed by atoms with Crippen molar-refractivity contribution in [1.29, 1.82) is 0 Å². The van der Waals surface area contributed by atoms with Crippen LogP contribution in [-0.4, -0.2) is 35.6 Å². The predicted octanol–water partition coefficient (Wildman–Crippen LogP) is 3.75. The van der Waals surface area contributed by atoms with Crippen LogP contribution in [0, 0.1) is 0 Å². The molecule has 148 valence electrons. The predicted molar refractivity (Wildman–Crippen MR) is 107 cm³/mol. The van der Waals surface area contributed by atoms with Gasteiger partial charge >= 0.3 is 5.97 Å². The van der Waals surface area contributed by atoms with Gasteiger partial charge in [-0.3, -0.25) is 14.9 Å². The minimum absolute atomic E-state index is 0.0399. The fourth-order valence-corrected chi connectivity index (χ4v) is 3.65. The number of esters is 1. The van der Waals surface area contributed by atoms with E-state index in [2.05, 4.69) is 18.3 Å². The Morgan fingerprint density at radius 1 is 1.26 bits per heavy atom. The summed E-state index contributed by atoms with van der Waals surface area (Å²) in [5.74, 6) is -0.235. The van der Waals surface area contributed by atoms with Gasteiger partial charge in [-0.2, -0.15) is 0 Å². The maximum Gasteiger partial charge on any atom is 0.307 e. The number of hydrogen-bond acceptors (Lipinski definition) is 4. The van der Waals surface area contributed by atoms with E-state index in [1.54, 1.807) is 0 Å². The molecule has 5 heteroatoms. The summed E-state index contributed by atoms with van der Waals surface area (Å²) in [5.41, 5.74) is 3.68. The van der Waals surface area contributed by atoms with Crippen LogP contribution in [0.2, 0.25) is 0 Å². The molecule has 1 aromatic rings. The van der Waals surface area contributed by atoms with E-state index >= 15 is 0 Å². The molecule has 0 radical (unpaired) electrons. The zero-order valence-electron chi connectivity index (χ0n) is 17.6. The first-order valence-corrected chi connectivity index (χ1v) is 9.53. The van der Waals surface area contributed by atoms with Gasteiger partial charge in [0.1, 0.15) is 6.17 Å². The number of ether oxygens (including phenoxy) is 1. The van der Waals surface area contributed by atoms with Gasteiger partial charge in [-0.05, 0) is 57.7 Å². The first-order valence-electron chi connectivity index (χ1n) is 9.53. The first kappa shape index (κ1) is 21.2. The molecule has 0 saturated carbocycles. The Labute approximate surface area is 162 Å². The molecule has 1 aliphatic heterocycles. The molecule has 27 heavy (non-hydrogen) atoms. The molecule has 2 unspecified atom stereocenters. The van der Waals surface area contributed by atoms with Crippen LogP contribution in [-0.2, 0) is 20.7 Å². The summed E-state index contributed by atoms with van der Waals surface area (Å²) in [6.07, 6.45) is 0.829. The largest absolute Gasteiger partial charge is 0.469 e. The number of nitrogens with zero attached hydrogens (tertiary/aromatic N) is 1. The Hall–Kier alpha value is -2.14. The van der Waals surface area contributed by atoms with Crippen molar-refractivity contribution in [2.45, 2.75) is 72.1 Å². The number of hydrogen-bond donors (Lipinski definition) is 1. The van der Waals surface area contributed by atoms with E-state index in [0.29, 0.717) is 0 Å². The summed E-state index contributed by atoms with van der Waals surface area (Å²) in [7, 11) is 1.40. The van der Waals surface area contributed by atoms with E-state index in [-0.39, 0.29) is 36.0 Å². The average molecular weight is 373 g/mol. The number of carbonyl (C=O) groups excluding carboxylic acids is 2. The highest BCUT2D eigenvalue weighted by atomic mass is 16.5. The minimum Gasteiger partial charge on any atom is -0.469 e. The van der Waals surface area contributed by atoms with Gasteiger partial charge < -0.3 is 9.64 Å². The number of amides is 1. The summed E-state index contributed by atoms with van der Waals surface area (Å²) < 4.78 is 4.93. The summed E-state index contributed by atoms with van der Waals surface area (Å²) in [5, 5.41) is 3.59. The summed E-state index contributed by atoms with van der Waals surface area (Å²) in [6, 6.07) is 7.88. The van der Waals surface area contributed by atoms with Gasteiger partial charge in [0, 0.05) is 17.2 Å². The number of aryl methyl sites for hydroxylation is 1. The molecule has 5 nitrogen and oxygen atoms in total. The van der Waals surface area contributed by atoms with E-state index in [9.17, 15) is 9.59 Å². The lowest BCUT2D eigenvalue weighted by Crippen LogP contribution is -2.55. The number of methoxy groups -OCH3 is 1. The monoisotopic (exact) mass is 372 g/mol. The van der Waals surface area contributed by atoms with Crippen molar-refractivity contribution in [2.75, 3.05) is 7.11 Å². The Kier molecular flexibility index (Phi) is 6.47. The van der Waals surface area contributed by atoms with E-state index in [4.69, 9.17) is 4.74 Å². The Morgan fingerprint density at radius 2 is 1.89 bits per heavy atom. The second-order valence-electron chi connectivity index (χ2n) is 8.11. The molecule has 1 aromatic carbocycles. The van der Waals surface area contributed by atoms with Crippen LogP contribution in [0.3, 0.4) is 0 Å². The van der Waals surface area contributed by atoms with Crippen LogP contribution in [0.25, 0.3) is 0 Å². The zero-order valence-corrected chi connectivity index (χ0v) is 17.6. The van der Waals surface area contributed by atoms with Gasteiger partial charge in [-0.15, -0.1) is 0 Å². The second-order valence-corrected chi connectivity index (χ2v) is 8.11. The SMILES string of the molecule is CCc1ccccc1C(CC(=O)OC)NC1C(C)=C(C)C(=O)N1C(C)(C)C. The molecule has 1 heterocycles. The highest BCUT2D eigenvalue weighted by molar-refractivity contribution is 5.97. The fraction of sp³-hybridized carbons (Fsp3) is 0.545.